The van der Waals surface area contributed by atoms with E-state index in [1.54, 1.807) is 32.4 Å². The minimum Gasteiger partial charge on any atom is -0.493 e. The van der Waals surface area contributed by atoms with Gasteiger partial charge in [0.1, 0.15) is 6.04 Å². The van der Waals surface area contributed by atoms with Gasteiger partial charge in [0.25, 0.3) is 0 Å². The molecular formula is C16H18N2O3. The van der Waals surface area contributed by atoms with Crippen LogP contribution in [0.3, 0.4) is 0 Å². The highest BCUT2D eigenvalue weighted by Crippen LogP contribution is 2.31. The third kappa shape index (κ3) is 3.45. The minimum atomic E-state index is -0.607. The van der Waals surface area contributed by atoms with Crippen molar-refractivity contribution in [2.75, 3.05) is 19.5 Å². The lowest BCUT2D eigenvalue weighted by molar-refractivity contribution is -0.118. The van der Waals surface area contributed by atoms with Crippen LogP contribution in [0.15, 0.2) is 48.5 Å². The van der Waals surface area contributed by atoms with Gasteiger partial charge in [-0.3, -0.25) is 4.79 Å². The van der Waals surface area contributed by atoms with E-state index in [0.29, 0.717) is 11.5 Å². The molecule has 0 radical (unpaired) electrons. The van der Waals surface area contributed by atoms with Crippen molar-refractivity contribution in [3.8, 4) is 11.5 Å². The van der Waals surface area contributed by atoms with Crippen LogP contribution in [-0.2, 0) is 4.79 Å². The molecule has 0 fully saturated rings. The van der Waals surface area contributed by atoms with Gasteiger partial charge in [-0.15, -0.1) is 0 Å². The maximum atomic E-state index is 11.7. The fourth-order valence-electron chi connectivity index (χ4n) is 2.06. The molecule has 110 valence electrons. The van der Waals surface area contributed by atoms with Crippen molar-refractivity contribution >= 4 is 11.6 Å². The molecule has 0 aliphatic carbocycles. The van der Waals surface area contributed by atoms with Crippen LogP contribution >= 0.6 is 0 Å². The summed E-state index contributed by atoms with van der Waals surface area (Å²) in [5, 5.41) is 3.11. The van der Waals surface area contributed by atoms with Crippen LogP contribution in [0.4, 0.5) is 5.69 Å². The number of amides is 1. The Hall–Kier alpha value is -2.69. The molecule has 21 heavy (non-hydrogen) atoms. The number of nitrogens with two attached hydrogens (primary N) is 1. The van der Waals surface area contributed by atoms with E-state index < -0.39 is 11.9 Å². The lowest BCUT2D eigenvalue weighted by atomic mass is 10.1. The highest BCUT2D eigenvalue weighted by Gasteiger charge is 2.17. The maximum Gasteiger partial charge on any atom is 0.244 e. The number of rotatable bonds is 6. The van der Waals surface area contributed by atoms with E-state index >= 15 is 0 Å². The molecule has 0 bridgehead atoms. The van der Waals surface area contributed by atoms with Crippen molar-refractivity contribution < 1.29 is 14.3 Å². The summed E-state index contributed by atoms with van der Waals surface area (Å²) in [5.74, 6) is 0.758. The van der Waals surface area contributed by atoms with Crippen LogP contribution in [0.25, 0.3) is 0 Å². The van der Waals surface area contributed by atoms with E-state index in [4.69, 9.17) is 15.2 Å². The lowest BCUT2D eigenvalue weighted by Gasteiger charge is -2.18. The molecule has 1 amide bonds. The number of primary amides is 1. The van der Waals surface area contributed by atoms with E-state index in [9.17, 15) is 4.79 Å². The highest BCUT2D eigenvalue weighted by molar-refractivity contribution is 5.84. The molecular weight excluding hydrogens is 268 g/mol. The average Bonchev–Trinajstić information content (AvgIpc) is 2.52. The van der Waals surface area contributed by atoms with Gasteiger partial charge in [0.15, 0.2) is 11.5 Å². The van der Waals surface area contributed by atoms with Gasteiger partial charge in [-0.05, 0) is 17.7 Å². The number of hydrogen-bond donors (Lipinski definition) is 2. The van der Waals surface area contributed by atoms with Gasteiger partial charge in [-0.25, -0.2) is 0 Å². The molecule has 0 heterocycles. The van der Waals surface area contributed by atoms with Gasteiger partial charge < -0.3 is 20.5 Å². The molecule has 3 N–H and O–H groups in total. The van der Waals surface area contributed by atoms with Crippen molar-refractivity contribution in [3.63, 3.8) is 0 Å². The fraction of sp³-hybridized carbons (Fsp3) is 0.188. The normalized spacial score (nSPS) is 11.5. The standard InChI is InChI=1S/C16H18N2O3/c1-20-13-9-8-12(10-14(13)21-2)18-15(16(17)19)11-6-4-3-5-7-11/h3-10,15,18H,1-2H3,(H2,17,19)/t15-/m1/s1. The molecule has 0 aliphatic heterocycles. The van der Waals surface area contributed by atoms with Gasteiger partial charge in [0, 0.05) is 11.8 Å². The van der Waals surface area contributed by atoms with Gasteiger partial charge >= 0.3 is 0 Å². The van der Waals surface area contributed by atoms with Gasteiger partial charge in [0.2, 0.25) is 5.91 Å². The van der Waals surface area contributed by atoms with Crippen LogP contribution in [0.1, 0.15) is 11.6 Å². The van der Waals surface area contributed by atoms with Crippen LogP contribution in [-0.4, -0.2) is 20.1 Å². The Morgan fingerprint density at radius 1 is 1.05 bits per heavy atom. The molecule has 0 saturated heterocycles. The number of benzene rings is 2. The van der Waals surface area contributed by atoms with Gasteiger partial charge in [0.05, 0.1) is 14.2 Å². The van der Waals surface area contributed by atoms with Gasteiger partial charge in [-0.1, -0.05) is 30.3 Å². The number of carbonyl (C=O) groups is 1. The minimum absolute atomic E-state index is 0.448. The van der Waals surface area contributed by atoms with E-state index in [1.807, 2.05) is 30.3 Å². The van der Waals surface area contributed by atoms with Crippen molar-refractivity contribution in [1.29, 1.82) is 0 Å². The van der Waals surface area contributed by atoms with E-state index in [-0.39, 0.29) is 0 Å². The first kappa shape index (κ1) is 14.7. The monoisotopic (exact) mass is 286 g/mol. The zero-order valence-electron chi connectivity index (χ0n) is 12.0. The number of methoxy groups -OCH3 is 2. The van der Waals surface area contributed by atoms with Crippen molar-refractivity contribution in [2.45, 2.75) is 6.04 Å². The summed E-state index contributed by atoms with van der Waals surface area (Å²) in [6.07, 6.45) is 0. The predicted octanol–water partition coefficient (Wildman–Crippen LogP) is 2.34. The zero-order chi connectivity index (χ0) is 15.2. The molecule has 0 aromatic heterocycles. The molecule has 0 aliphatic rings. The molecule has 2 aromatic carbocycles. The second-order valence-electron chi connectivity index (χ2n) is 4.46. The first-order chi connectivity index (χ1) is 10.2. The Balaban J connectivity index is 2.28. The summed E-state index contributed by atoms with van der Waals surface area (Å²) in [6, 6.07) is 14.0. The summed E-state index contributed by atoms with van der Waals surface area (Å²) in [6.45, 7) is 0. The quantitative estimate of drug-likeness (QED) is 0.855. The molecule has 1 atom stereocenters. The molecule has 5 nitrogen and oxygen atoms in total. The SMILES string of the molecule is COc1ccc(N[C@@H](C(N)=O)c2ccccc2)cc1OC. The lowest BCUT2D eigenvalue weighted by Crippen LogP contribution is -2.27. The number of anilines is 1. The zero-order valence-corrected chi connectivity index (χ0v) is 12.0. The smallest absolute Gasteiger partial charge is 0.244 e. The number of carbonyl (C=O) groups excluding carboxylic acids is 1. The molecule has 2 rings (SSSR count). The third-order valence-electron chi connectivity index (χ3n) is 3.11. The maximum absolute atomic E-state index is 11.7. The van der Waals surface area contributed by atoms with Crippen molar-refractivity contribution in [3.05, 3.63) is 54.1 Å². The van der Waals surface area contributed by atoms with Crippen molar-refractivity contribution in [2.24, 2.45) is 5.73 Å². The largest absolute Gasteiger partial charge is 0.493 e. The third-order valence-corrected chi connectivity index (χ3v) is 3.11. The molecule has 5 heteroatoms. The molecule has 0 spiro atoms. The summed E-state index contributed by atoms with van der Waals surface area (Å²) in [7, 11) is 3.13. The highest BCUT2D eigenvalue weighted by atomic mass is 16.5. The van der Waals surface area contributed by atoms with Crippen LogP contribution in [0.2, 0.25) is 0 Å². The summed E-state index contributed by atoms with van der Waals surface area (Å²) in [5.41, 5.74) is 7.01. The fourth-order valence-corrected chi connectivity index (χ4v) is 2.06. The number of hydrogen-bond acceptors (Lipinski definition) is 4. The summed E-state index contributed by atoms with van der Waals surface area (Å²) in [4.78, 5) is 11.7. The van der Waals surface area contributed by atoms with Gasteiger partial charge in [-0.2, -0.15) is 0 Å². The van der Waals surface area contributed by atoms with E-state index in [2.05, 4.69) is 5.32 Å². The van der Waals surface area contributed by atoms with E-state index in [0.717, 1.165) is 11.3 Å². The predicted molar refractivity (Wildman–Crippen MR) is 81.5 cm³/mol. The molecule has 2 aromatic rings. The Morgan fingerprint density at radius 3 is 2.29 bits per heavy atom. The second-order valence-corrected chi connectivity index (χ2v) is 4.46. The Bertz CT molecular complexity index is 614. The Kier molecular flexibility index (Phi) is 4.66. The van der Waals surface area contributed by atoms with Crippen LogP contribution in [0.5, 0.6) is 11.5 Å². The Labute approximate surface area is 123 Å². The van der Waals surface area contributed by atoms with Crippen LogP contribution < -0.4 is 20.5 Å². The first-order valence-electron chi connectivity index (χ1n) is 6.48. The average molecular weight is 286 g/mol. The molecule has 0 unspecified atom stereocenters. The topological polar surface area (TPSA) is 73.6 Å². The first-order valence-corrected chi connectivity index (χ1v) is 6.48. The Morgan fingerprint density at radius 2 is 1.71 bits per heavy atom. The second kappa shape index (κ2) is 6.65. The number of ether oxygens (including phenoxy) is 2. The summed E-state index contributed by atoms with van der Waals surface area (Å²) >= 11 is 0. The number of nitrogens with one attached hydrogen (secondary N) is 1. The van der Waals surface area contributed by atoms with E-state index in [1.165, 1.54) is 0 Å². The van der Waals surface area contributed by atoms with Crippen molar-refractivity contribution in [1.82, 2.24) is 0 Å². The summed E-state index contributed by atoms with van der Waals surface area (Å²) < 4.78 is 10.4. The molecule has 0 saturated carbocycles. The van der Waals surface area contributed by atoms with Crippen LogP contribution in [0, 0.1) is 0 Å².